The number of nitrogens with zero attached hydrogens (tertiary/aromatic N) is 1. The smallest absolute Gasteiger partial charge is 0.338 e. The van der Waals surface area contributed by atoms with Gasteiger partial charge in [0.25, 0.3) is 5.56 Å². The van der Waals surface area contributed by atoms with Gasteiger partial charge in [0.1, 0.15) is 17.3 Å². The zero-order chi connectivity index (χ0) is 16.7. The Morgan fingerprint density at radius 3 is 3.08 bits per heavy atom. The minimum absolute atomic E-state index is 0.0565. The molecule has 2 heterocycles. The van der Waals surface area contributed by atoms with E-state index in [0.29, 0.717) is 16.8 Å². The first kappa shape index (κ1) is 15.5. The summed E-state index contributed by atoms with van der Waals surface area (Å²) in [6.07, 6.45) is 3.06. The van der Waals surface area contributed by atoms with Crippen molar-refractivity contribution in [1.29, 1.82) is 0 Å². The van der Waals surface area contributed by atoms with Crippen molar-refractivity contribution in [3.8, 4) is 0 Å². The van der Waals surface area contributed by atoms with Crippen LogP contribution in [0.5, 0.6) is 0 Å². The third kappa shape index (κ3) is 2.78. The largest absolute Gasteiger partial charge is 0.454 e. The van der Waals surface area contributed by atoms with Crippen LogP contribution in [-0.4, -0.2) is 15.9 Å². The minimum atomic E-state index is -0.451. The predicted octanol–water partition coefficient (Wildman–Crippen LogP) is 3.59. The summed E-state index contributed by atoms with van der Waals surface area (Å²) in [6, 6.07) is 6.96. The van der Waals surface area contributed by atoms with Crippen LogP contribution < -0.4 is 5.56 Å². The van der Waals surface area contributed by atoms with Crippen LogP contribution in [0.3, 0.4) is 0 Å². The number of nitrogens with one attached hydrogen (secondary N) is 1. The number of ether oxygens (including phenoxy) is 1. The van der Waals surface area contributed by atoms with Gasteiger partial charge in [0.05, 0.1) is 10.9 Å². The second-order valence-electron chi connectivity index (χ2n) is 5.64. The van der Waals surface area contributed by atoms with Crippen molar-refractivity contribution in [2.75, 3.05) is 0 Å². The number of aryl methyl sites for hydroxylation is 2. The van der Waals surface area contributed by atoms with E-state index >= 15 is 0 Å². The van der Waals surface area contributed by atoms with Gasteiger partial charge < -0.3 is 9.72 Å². The molecule has 0 spiro atoms. The van der Waals surface area contributed by atoms with Gasteiger partial charge in [0.2, 0.25) is 0 Å². The standard InChI is InChI=1S/C17H13BrN2O3S/c18-10-4-1-3-9(7-10)17(22)23-8-13-19-15(21)14-11-5-2-6-12(11)24-16(14)20-13/h1,3-4,7H,2,5-6,8H2,(H,19,20,21). The zero-order valence-corrected chi connectivity index (χ0v) is 15.0. The van der Waals surface area contributed by atoms with Crippen LogP contribution in [0.15, 0.2) is 33.5 Å². The Balaban J connectivity index is 1.57. The molecule has 0 aliphatic heterocycles. The number of carbonyl (C=O) groups excluding carboxylic acids is 1. The van der Waals surface area contributed by atoms with Crippen molar-refractivity contribution in [3.63, 3.8) is 0 Å². The van der Waals surface area contributed by atoms with Crippen LogP contribution in [0.25, 0.3) is 10.2 Å². The fourth-order valence-corrected chi connectivity index (χ4v) is 4.63. The average molecular weight is 405 g/mol. The Labute approximate surface area is 149 Å². The third-order valence-corrected chi connectivity index (χ3v) is 5.70. The van der Waals surface area contributed by atoms with Gasteiger partial charge in [0, 0.05) is 9.35 Å². The fraction of sp³-hybridized carbons (Fsp3) is 0.235. The van der Waals surface area contributed by atoms with Crippen LogP contribution in [0.1, 0.15) is 33.0 Å². The molecule has 24 heavy (non-hydrogen) atoms. The van der Waals surface area contributed by atoms with Gasteiger partial charge in [0.15, 0.2) is 0 Å². The number of aromatic amines is 1. The van der Waals surface area contributed by atoms with E-state index in [-0.39, 0.29) is 12.2 Å². The molecule has 7 heteroatoms. The van der Waals surface area contributed by atoms with Gasteiger partial charge in [-0.15, -0.1) is 11.3 Å². The van der Waals surface area contributed by atoms with E-state index in [1.165, 1.54) is 4.88 Å². The quantitative estimate of drug-likeness (QED) is 0.676. The third-order valence-electron chi connectivity index (χ3n) is 4.02. The van der Waals surface area contributed by atoms with E-state index in [1.54, 1.807) is 29.5 Å². The van der Waals surface area contributed by atoms with E-state index in [2.05, 4.69) is 25.9 Å². The highest BCUT2D eigenvalue weighted by atomic mass is 79.9. The van der Waals surface area contributed by atoms with E-state index < -0.39 is 5.97 Å². The maximum absolute atomic E-state index is 12.3. The number of thiophene rings is 1. The highest BCUT2D eigenvalue weighted by molar-refractivity contribution is 9.10. The van der Waals surface area contributed by atoms with Crippen molar-refractivity contribution in [3.05, 3.63) is 60.9 Å². The molecule has 0 fully saturated rings. The summed E-state index contributed by atoms with van der Waals surface area (Å²) in [5, 5.41) is 0.703. The number of halogens is 1. The van der Waals surface area contributed by atoms with Crippen molar-refractivity contribution in [1.82, 2.24) is 9.97 Å². The number of fused-ring (bicyclic) bond motifs is 3. The van der Waals surface area contributed by atoms with E-state index in [9.17, 15) is 9.59 Å². The lowest BCUT2D eigenvalue weighted by molar-refractivity contribution is 0.0462. The number of rotatable bonds is 3. The number of carbonyl (C=O) groups is 1. The lowest BCUT2D eigenvalue weighted by Gasteiger charge is -2.05. The Hall–Kier alpha value is -1.99. The molecular formula is C17H13BrN2O3S. The van der Waals surface area contributed by atoms with Crippen molar-refractivity contribution in [2.45, 2.75) is 25.9 Å². The van der Waals surface area contributed by atoms with Gasteiger partial charge in [-0.1, -0.05) is 22.0 Å². The molecular weight excluding hydrogens is 392 g/mol. The van der Waals surface area contributed by atoms with Gasteiger partial charge in [-0.3, -0.25) is 4.79 Å². The Kier molecular flexibility index (Phi) is 3.97. The minimum Gasteiger partial charge on any atom is -0.454 e. The summed E-state index contributed by atoms with van der Waals surface area (Å²) in [5.74, 6) is -0.0801. The molecule has 0 unspecified atom stereocenters. The van der Waals surface area contributed by atoms with Gasteiger partial charge >= 0.3 is 5.97 Å². The van der Waals surface area contributed by atoms with Crippen molar-refractivity contribution < 1.29 is 9.53 Å². The molecule has 0 saturated carbocycles. The van der Waals surface area contributed by atoms with Crippen LogP contribution in [0, 0.1) is 0 Å². The van der Waals surface area contributed by atoms with Crippen LogP contribution in [0.4, 0.5) is 0 Å². The lowest BCUT2D eigenvalue weighted by atomic mass is 10.2. The maximum atomic E-state index is 12.3. The first-order valence-electron chi connectivity index (χ1n) is 7.58. The molecule has 0 amide bonds. The van der Waals surface area contributed by atoms with Gasteiger partial charge in [-0.05, 0) is 43.0 Å². The maximum Gasteiger partial charge on any atom is 0.338 e. The number of H-pyrrole nitrogens is 1. The fourth-order valence-electron chi connectivity index (χ4n) is 2.95. The summed E-state index contributed by atoms with van der Waals surface area (Å²) in [5.41, 5.74) is 1.44. The molecule has 1 aliphatic rings. The predicted molar refractivity (Wildman–Crippen MR) is 95.5 cm³/mol. The van der Waals surface area contributed by atoms with Gasteiger partial charge in [-0.25, -0.2) is 9.78 Å². The monoisotopic (exact) mass is 404 g/mol. The van der Waals surface area contributed by atoms with Gasteiger partial charge in [-0.2, -0.15) is 0 Å². The Morgan fingerprint density at radius 2 is 2.25 bits per heavy atom. The number of hydrogen-bond acceptors (Lipinski definition) is 5. The van der Waals surface area contributed by atoms with E-state index in [1.807, 2.05) is 6.07 Å². The summed E-state index contributed by atoms with van der Waals surface area (Å²) >= 11 is 4.89. The van der Waals surface area contributed by atoms with Crippen molar-refractivity contribution in [2.24, 2.45) is 0 Å². The average Bonchev–Trinajstić information content (AvgIpc) is 3.13. The van der Waals surface area contributed by atoms with Crippen LogP contribution in [0.2, 0.25) is 0 Å². The Bertz CT molecular complexity index is 1010. The first-order valence-corrected chi connectivity index (χ1v) is 9.19. The SMILES string of the molecule is O=C(OCc1nc2sc3c(c2c(=O)[nH]1)CCC3)c1cccc(Br)c1. The molecule has 1 aromatic carbocycles. The Morgan fingerprint density at radius 1 is 1.38 bits per heavy atom. The molecule has 1 aliphatic carbocycles. The molecule has 2 aromatic heterocycles. The summed E-state index contributed by atoms with van der Waals surface area (Å²) < 4.78 is 6.07. The highest BCUT2D eigenvalue weighted by Crippen LogP contribution is 2.34. The van der Waals surface area contributed by atoms with Crippen LogP contribution >= 0.6 is 27.3 Å². The lowest BCUT2D eigenvalue weighted by Crippen LogP contribution is -2.14. The molecule has 1 N–H and O–H groups in total. The highest BCUT2D eigenvalue weighted by Gasteiger charge is 2.21. The number of aromatic nitrogens is 2. The van der Waals surface area contributed by atoms with Crippen molar-refractivity contribution >= 4 is 43.5 Å². The molecule has 5 nitrogen and oxygen atoms in total. The number of esters is 1. The summed E-state index contributed by atoms with van der Waals surface area (Å²) in [7, 11) is 0. The second kappa shape index (κ2) is 6.14. The number of hydrogen-bond donors (Lipinski definition) is 1. The molecule has 4 rings (SSSR count). The van der Waals surface area contributed by atoms with E-state index in [4.69, 9.17) is 4.74 Å². The molecule has 0 radical (unpaired) electrons. The van der Waals surface area contributed by atoms with Crippen LogP contribution in [-0.2, 0) is 24.2 Å². The summed E-state index contributed by atoms with van der Waals surface area (Å²) in [6.45, 7) is -0.0565. The first-order chi connectivity index (χ1) is 11.6. The second-order valence-corrected chi connectivity index (χ2v) is 7.64. The normalized spacial score (nSPS) is 13.2. The molecule has 122 valence electrons. The molecule has 0 saturated heterocycles. The molecule has 0 bridgehead atoms. The molecule has 3 aromatic rings. The topological polar surface area (TPSA) is 72.0 Å². The summed E-state index contributed by atoms with van der Waals surface area (Å²) in [4.78, 5) is 33.6. The zero-order valence-electron chi connectivity index (χ0n) is 12.6. The molecule has 0 atom stereocenters. The van der Waals surface area contributed by atoms with E-state index in [0.717, 1.165) is 34.1 Å². The number of benzene rings is 1.